The van der Waals surface area contributed by atoms with E-state index in [0.29, 0.717) is 5.56 Å². The number of nitrogens with zero attached hydrogens (tertiary/aromatic N) is 1. The molecule has 0 amide bonds. The van der Waals surface area contributed by atoms with Crippen molar-refractivity contribution in [2.45, 2.75) is 40.2 Å². The fourth-order valence-corrected chi connectivity index (χ4v) is 2.45. The molecule has 1 N–H and O–H groups in total. The topological polar surface area (TPSA) is 15.3 Å². The molecular weight excluding hydrogens is 251 g/mol. The Morgan fingerprint density at radius 2 is 2.10 bits per heavy atom. The molecule has 0 bridgehead atoms. The number of halogens is 1. The number of anilines is 1. The molecule has 1 aromatic rings. The van der Waals surface area contributed by atoms with Crippen LogP contribution in [-0.2, 0) is 0 Å². The van der Waals surface area contributed by atoms with Crippen molar-refractivity contribution in [3.8, 4) is 0 Å². The van der Waals surface area contributed by atoms with E-state index in [4.69, 9.17) is 0 Å². The van der Waals surface area contributed by atoms with E-state index in [0.717, 1.165) is 37.3 Å². The molecule has 112 valence electrons. The second-order valence-electron chi connectivity index (χ2n) is 5.17. The molecule has 1 aromatic carbocycles. The van der Waals surface area contributed by atoms with Gasteiger partial charge in [-0.15, -0.1) is 6.58 Å². The van der Waals surface area contributed by atoms with E-state index in [2.05, 4.69) is 37.6 Å². The average Bonchev–Trinajstić information content (AvgIpc) is 2.41. The molecule has 1 unspecified atom stereocenters. The predicted octanol–water partition coefficient (Wildman–Crippen LogP) is 4.21. The summed E-state index contributed by atoms with van der Waals surface area (Å²) in [4.78, 5) is 2.27. The third-order valence-electron chi connectivity index (χ3n) is 3.47. The van der Waals surface area contributed by atoms with Crippen LogP contribution in [0.5, 0.6) is 0 Å². The minimum absolute atomic E-state index is 0.134. The van der Waals surface area contributed by atoms with E-state index < -0.39 is 0 Å². The Hall–Kier alpha value is -1.35. The highest BCUT2D eigenvalue weighted by atomic mass is 19.1. The lowest BCUT2D eigenvalue weighted by molar-refractivity contribution is 0.578. The first kappa shape index (κ1) is 16.7. The smallest absolute Gasteiger partial charge is 0.126 e. The molecule has 0 aliphatic rings. The summed E-state index contributed by atoms with van der Waals surface area (Å²) in [5.74, 6) is -0.136. The van der Waals surface area contributed by atoms with E-state index in [1.54, 1.807) is 6.07 Å². The lowest BCUT2D eigenvalue weighted by Gasteiger charge is -2.28. The van der Waals surface area contributed by atoms with Crippen LogP contribution in [0.2, 0.25) is 0 Å². The summed E-state index contributed by atoms with van der Waals surface area (Å²) in [5.41, 5.74) is 2.82. The SMILES string of the molecule is C=CCN(CCC)c1cc(C)c(F)cc1C(C)NCC. The molecule has 0 spiro atoms. The van der Waals surface area contributed by atoms with Gasteiger partial charge in [-0.05, 0) is 50.1 Å². The first-order chi connectivity index (χ1) is 9.54. The van der Waals surface area contributed by atoms with Gasteiger partial charge in [0.2, 0.25) is 0 Å². The molecule has 0 aliphatic heterocycles. The molecule has 0 heterocycles. The van der Waals surface area contributed by atoms with Crippen molar-refractivity contribution in [2.24, 2.45) is 0 Å². The van der Waals surface area contributed by atoms with E-state index >= 15 is 0 Å². The number of hydrogen-bond acceptors (Lipinski definition) is 2. The van der Waals surface area contributed by atoms with E-state index in [-0.39, 0.29) is 11.9 Å². The molecule has 3 heteroatoms. The van der Waals surface area contributed by atoms with Crippen molar-refractivity contribution >= 4 is 5.69 Å². The zero-order chi connectivity index (χ0) is 15.1. The number of nitrogens with one attached hydrogen (secondary N) is 1. The van der Waals surface area contributed by atoms with Gasteiger partial charge in [-0.3, -0.25) is 0 Å². The highest BCUT2D eigenvalue weighted by Crippen LogP contribution is 2.29. The van der Waals surface area contributed by atoms with Gasteiger partial charge in [0.05, 0.1) is 0 Å². The highest BCUT2D eigenvalue weighted by molar-refractivity contribution is 5.57. The van der Waals surface area contributed by atoms with Gasteiger partial charge in [-0.25, -0.2) is 4.39 Å². The zero-order valence-electron chi connectivity index (χ0n) is 13.2. The standard InChI is InChI=1S/C17H27FN2/c1-6-9-20(10-7-2)17-11-13(4)16(18)12-15(17)14(5)19-8-3/h6,11-12,14,19H,1,7-10H2,2-5H3. The molecule has 0 saturated heterocycles. The van der Waals surface area contributed by atoms with E-state index in [9.17, 15) is 4.39 Å². The Kier molecular flexibility index (Phi) is 6.73. The van der Waals surface area contributed by atoms with Gasteiger partial charge in [0.25, 0.3) is 0 Å². The minimum atomic E-state index is -0.136. The van der Waals surface area contributed by atoms with Crippen LogP contribution in [0.4, 0.5) is 10.1 Å². The molecule has 0 aromatic heterocycles. The van der Waals surface area contributed by atoms with Gasteiger partial charge < -0.3 is 10.2 Å². The monoisotopic (exact) mass is 278 g/mol. The van der Waals surface area contributed by atoms with Crippen LogP contribution in [-0.4, -0.2) is 19.6 Å². The third-order valence-corrected chi connectivity index (χ3v) is 3.47. The average molecular weight is 278 g/mol. The van der Waals surface area contributed by atoms with Crippen molar-refractivity contribution in [3.63, 3.8) is 0 Å². The highest BCUT2D eigenvalue weighted by Gasteiger charge is 2.17. The first-order valence-electron chi connectivity index (χ1n) is 7.44. The van der Waals surface area contributed by atoms with Gasteiger partial charge in [-0.1, -0.05) is 19.9 Å². The molecule has 0 aliphatic carbocycles. The summed E-state index contributed by atoms with van der Waals surface area (Å²) < 4.78 is 13.9. The largest absolute Gasteiger partial charge is 0.368 e. The maximum atomic E-state index is 13.9. The molecular formula is C17H27FN2. The van der Waals surface area contributed by atoms with Crippen LogP contribution in [0, 0.1) is 12.7 Å². The van der Waals surface area contributed by atoms with Gasteiger partial charge in [0, 0.05) is 24.8 Å². The zero-order valence-corrected chi connectivity index (χ0v) is 13.2. The van der Waals surface area contributed by atoms with Gasteiger partial charge in [0.1, 0.15) is 5.82 Å². The summed E-state index contributed by atoms with van der Waals surface area (Å²) in [6, 6.07) is 3.76. The number of benzene rings is 1. The minimum Gasteiger partial charge on any atom is -0.368 e. The maximum Gasteiger partial charge on any atom is 0.126 e. The Morgan fingerprint density at radius 1 is 1.40 bits per heavy atom. The molecule has 20 heavy (non-hydrogen) atoms. The van der Waals surface area contributed by atoms with Crippen molar-refractivity contribution < 1.29 is 4.39 Å². The summed E-state index contributed by atoms with van der Waals surface area (Å²) in [7, 11) is 0. The van der Waals surface area contributed by atoms with Crippen LogP contribution in [0.1, 0.15) is 44.4 Å². The molecule has 0 saturated carbocycles. The second-order valence-corrected chi connectivity index (χ2v) is 5.17. The lowest BCUT2D eigenvalue weighted by atomic mass is 10.0. The van der Waals surface area contributed by atoms with Crippen LogP contribution >= 0.6 is 0 Å². The number of aryl methyl sites for hydroxylation is 1. The Labute approximate surface area is 122 Å². The van der Waals surface area contributed by atoms with Crippen molar-refractivity contribution in [2.75, 3.05) is 24.5 Å². The van der Waals surface area contributed by atoms with E-state index in [1.165, 1.54) is 0 Å². The molecule has 2 nitrogen and oxygen atoms in total. The van der Waals surface area contributed by atoms with Crippen LogP contribution < -0.4 is 10.2 Å². The van der Waals surface area contributed by atoms with Gasteiger partial charge >= 0.3 is 0 Å². The van der Waals surface area contributed by atoms with Crippen molar-refractivity contribution in [1.29, 1.82) is 0 Å². The van der Waals surface area contributed by atoms with Crippen LogP contribution in [0.15, 0.2) is 24.8 Å². The van der Waals surface area contributed by atoms with Crippen LogP contribution in [0.25, 0.3) is 0 Å². The Bertz CT molecular complexity index is 443. The number of rotatable bonds is 8. The first-order valence-corrected chi connectivity index (χ1v) is 7.44. The van der Waals surface area contributed by atoms with Gasteiger partial charge in [-0.2, -0.15) is 0 Å². The molecule has 1 atom stereocenters. The van der Waals surface area contributed by atoms with Gasteiger partial charge in [0.15, 0.2) is 0 Å². The summed E-state index contributed by atoms with van der Waals surface area (Å²) in [6.07, 6.45) is 2.95. The number of hydrogen-bond donors (Lipinski definition) is 1. The predicted molar refractivity (Wildman–Crippen MR) is 85.9 cm³/mol. The lowest BCUT2D eigenvalue weighted by Crippen LogP contribution is -2.28. The Morgan fingerprint density at radius 3 is 2.65 bits per heavy atom. The molecule has 0 radical (unpaired) electrons. The van der Waals surface area contributed by atoms with Crippen molar-refractivity contribution in [1.82, 2.24) is 5.32 Å². The Balaban J connectivity index is 3.25. The maximum absolute atomic E-state index is 13.9. The molecule has 1 rings (SSSR count). The summed E-state index contributed by atoms with van der Waals surface area (Å²) in [6.45, 7) is 14.5. The van der Waals surface area contributed by atoms with Crippen LogP contribution in [0.3, 0.4) is 0 Å². The molecule has 0 fully saturated rings. The van der Waals surface area contributed by atoms with E-state index in [1.807, 2.05) is 19.1 Å². The van der Waals surface area contributed by atoms with Crippen molar-refractivity contribution in [3.05, 3.63) is 41.7 Å². The summed E-state index contributed by atoms with van der Waals surface area (Å²) in [5, 5.41) is 3.37. The quantitative estimate of drug-likeness (QED) is 0.717. The normalized spacial score (nSPS) is 12.2. The third kappa shape index (κ3) is 4.07. The fourth-order valence-electron chi connectivity index (χ4n) is 2.45. The summed E-state index contributed by atoms with van der Waals surface area (Å²) >= 11 is 0. The second kappa shape index (κ2) is 8.05. The fraction of sp³-hybridized carbons (Fsp3) is 0.529.